The van der Waals surface area contributed by atoms with Crippen molar-refractivity contribution < 1.29 is 4.79 Å². The van der Waals surface area contributed by atoms with E-state index in [0.29, 0.717) is 5.69 Å². The lowest BCUT2D eigenvalue weighted by atomic mass is 10.2. The Hall–Kier alpha value is -2.76. The first kappa shape index (κ1) is 14.2. The van der Waals surface area contributed by atoms with Crippen LogP contribution in [0.5, 0.6) is 0 Å². The number of nitrogens with one attached hydrogen (secondary N) is 1. The Morgan fingerprint density at radius 3 is 2.41 bits per heavy atom. The highest BCUT2D eigenvalue weighted by Crippen LogP contribution is 2.19. The van der Waals surface area contributed by atoms with Crippen molar-refractivity contribution in [2.24, 2.45) is 14.1 Å². The number of aromatic nitrogens is 3. The van der Waals surface area contributed by atoms with Gasteiger partial charge in [-0.25, -0.2) is 4.79 Å². The van der Waals surface area contributed by atoms with Gasteiger partial charge in [-0.3, -0.25) is 13.9 Å². The van der Waals surface area contributed by atoms with E-state index in [1.165, 1.54) is 0 Å². The quantitative estimate of drug-likeness (QED) is 0.802. The number of fused-ring (bicyclic) bond motifs is 1. The number of hydrogen-bond donors (Lipinski definition) is 1. The molecule has 3 aromatic rings. The molecule has 2 heterocycles. The molecule has 22 heavy (non-hydrogen) atoms. The molecular formula is C16H18N4O2. The number of nitrogens with zero attached hydrogens (tertiary/aromatic N) is 3. The summed E-state index contributed by atoms with van der Waals surface area (Å²) in [6.45, 7) is 1.84. The number of aryl methyl sites for hydroxylation is 2. The third kappa shape index (κ3) is 2.22. The summed E-state index contributed by atoms with van der Waals surface area (Å²) in [6.07, 6.45) is 3.71. The van der Waals surface area contributed by atoms with Crippen LogP contribution in [0.2, 0.25) is 0 Å². The SMILES string of the molecule is C[C@H](C(=O)Nc1ccc2c(c1)n(C)c(=O)n2C)n1cccc1. The van der Waals surface area contributed by atoms with Crippen molar-refractivity contribution >= 4 is 22.6 Å². The first-order chi connectivity index (χ1) is 10.5. The summed E-state index contributed by atoms with van der Waals surface area (Å²) in [5.41, 5.74) is 2.22. The average molecular weight is 298 g/mol. The summed E-state index contributed by atoms with van der Waals surface area (Å²) in [5.74, 6) is -0.100. The molecule has 0 aliphatic rings. The van der Waals surface area contributed by atoms with Crippen LogP contribution >= 0.6 is 0 Å². The first-order valence-corrected chi connectivity index (χ1v) is 7.08. The fraction of sp³-hybridized carbons (Fsp3) is 0.250. The van der Waals surface area contributed by atoms with Crippen LogP contribution < -0.4 is 11.0 Å². The molecule has 3 rings (SSSR count). The third-order valence-corrected chi connectivity index (χ3v) is 3.99. The Balaban J connectivity index is 1.90. The first-order valence-electron chi connectivity index (χ1n) is 7.08. The second kappa shape index (κ2) is 5.22. The van der Waals surface area contributed by atoms with Gasteiger partial charge in [0.1, 0.15) is 6.04 Å². The molecule has 1 amide bonds. The van der Waals surface area contributed by atoms with Gasteiger partial charge in [0, 0.05) is 32.2 Å². The van der Waals surface area contributed by atoms with Gasteiger partial charge in [-0.15, -0.1) is 0 Å². The number of carbonyl (C=O) groups excluding carboxylic acids is 1. The zero-order valence-electron chi connectivity index (χ0n) is 12.8. The molecule has 0 unspecified atom stereocenters. The van der Waals surface area contributed by atoms with Crippen molar-refractivity contribution in [2.75, 3.05) is 5.32 Å². The number of benzene rings is 1. The van der Waals surface area contributed by atoms with Crippen molar-refractivity contribution in [1.82, 2.24) is 13.7 Å². The van der Waals surface area contributed by atoms with E-state index in [-0.39, 0.29) is 17.6 Å². The number of hydrogen-bond acceptors (Lipinski definition) is 2. The molecule has 0 saturated heterocycles. The predicted octanol–water partition coefficient (Wildman–Crippen LogP) is 1.88. The number of amides is 1. The van der Waals surface area contributed by atoms with Crippen LogP contribution in [-0.4, -0.2) is 19.6 Å². The standard InChI is InChI=1S/C16H18N4O2/c1-11(20-8-4-5-9-20)15(21)17-12-6-7-13-14(10-12)19(3)16(22)18(13)2/h4-11H,1-3H3,(H,17,21)/t11-/m1/s1. The monoisotopic (exact) mass is 298 g/mol. The van der Waals surface area contributed by atoms with Crippen LogP contribution in [0.3, 0.4) is 0 Å². The number of carbonyl (C=O) groups is 1. The molecule has 6 heteroatoms. The maximum absolute atomic E-state index is 12.3. The van der Waals surface area contributed by atoms with Crippen LogP contribution in [-0.2, 0) is 18.9 Å². The van der Waals surface area contributed by atoms with Gasteiger partial charge in [-0.05, 0) is 37.3 Å². The summed E-state index contributed by atoms with van der Waals surface area (Å²) < 4.78 is 5.00. The predicted molar refractivity (Wildman–Crippen MR) is 85.9 cm³/mol. The highest BCUT2D eigenvalue weighted by molar-refractivity contribution is 5.95. The molecule has 0 spiro atoms. The van der Waals surface area contributed by atoms with Gasteiger partial charge in [0.25, 0.3) is 0 Å². The topological polar surface area (TPSA) is 61.0 Å². The summed E-state index contributed by atoms with van der Waals surface area (Å²) in [5, 5.41) is 2.89. The third-order valence-electron chi connectivity index (χ3n) is 3.99. The van der Waals surface area contributed by atoms with Crippen molar-refractivity contribution in [3.05, 3.63) is 53.2 Å². The minimum Gasteiger partial charge on any atom is -0.342 e. The summed E-state index contributed by atoms with van der Waals surface area (Å²) in [4.78, 5) is 24.2. The molecule has 0 saturated carbocycles. The second-order valence-corrected chi connectivity index (χ2v) is 5.40. The normalized spacial score (nSPS) is 12.5. The molecule has 0 radical (unpaired) electrons. The van der Waals surface area contributed by atoms with Crippen LogP contribution in [0.15, 0.2) is 47.5 Å². The van der Waals surface area contributed by atoms with Gasteiger partial charge >= 0.3 is 5.69 Å². The minimum absolute atomic E-state index is 0.0841. The minimum atomic E-state index is -0.301. The average Bonchev–Trinajstić information content (AvgIpc) is 3.12. The molecule has 0 aliphatic carbocycles. The Morgan fingerprint density at radius 1 is 1.09 bits per heavy atom. The van der Waals surface area contributed by atoms with E-state index in [4.69, 9.17) is 0 Å². The molecule has 6 nitrogen and oxygen atoms in total. The summed E-state index contributed by atoms with van der Waals surface area (Å²) in [7, 11) is 3.45. The number of rotatable bonds is 3. The Labute approximate surface area is 127 Å². The molecule has 0 fully saturated rings. The van der Waals surface area contributed by atoms with Crippen molar-refractivity contribution in [1.29, 1.82) is 0 Å². The fourth-order valence-electron chi connectivity index (χ4n) is 2.57. The van der Waals surface area contributed by atoms with Gasteiger partial charge in [0.2, 0.25) is 5.91 Å². The van der Waals surface area contributed by atoms with Gasteiger partial charge < -0.3 is 9.88 Å². The molecule has 2 aromatic heterocycles. The molecule has 1 atom stereocenters. The maximum atomic E-state index is 12.3. The van der Waals surface area contributed by atoms with E-state index in [0.717, 1.165) is 11.0 Å². The van der Waals surface area contributed by atoms with E-state index in [9.17, 15) is 9.59 Å². The van der Waals surface area contributed by atoms with E-state index < -0.39 is 0 Å². The zero-order chi connectivity index (χ0) is 15.9. The van der Waals surface area contributed by atoms with Gasteiger partial charge in [-0.2, -0.15) is 0 Å². The van der Waals surface area contributed by atoms with Crippen LogP contribution in [0.25, 0.3) is 11.0 Å². The molecule has 1 aromatic carbocycles. The lowest BCUT2D eigenvalue weighted by molar-refractivity contribution is -0.118. The summed E-state index contributed by atoms with van der Waals surface area (Å²) >= 11 is 0. The van der Waals surface area contributed by atoms with E-state index >= 15 is 0 Å². The molecule has 114 valence electrons. The van der Waals surface area contributed by atoms with Crippen LogP contribution in [0.4, 0.5) is 5.69 Å². The van der Waals surface area contributed by atoms with Crippen molar-refractivity contribution in [3.63, 3.8) is 0 Å². The zero-order valence-corrected chi connectivity index (χ0v) is 12.8. The Kier molecular flexibility index (Phi) is 3.36. The summed E-state index contributed by atoms with van der Waals surface area (Å²) in [6, 6.07) is 8.93. The van der Waals surface area contributed by atoms with Crippen molar-refractivity contribution in [2.45, 2.75) is 13.0 Å². The second-order valence-electron chi connectivity index (χ2n) is 5.40. The molecule has 0 bridgehead atoms. The van der Waals surface area contributed by atoms with Gasteiger partial charge in [0.15, 0.2) is 0 Å². The Morgan fingerprint density at radius 2 is 1.73 bits per heavy atom. The van der Waals surface area contributed by atoms with Crippen molar-refractivity contribution in [3.8, 4) is 0 Å². The van der Waals surface area contributed by atoms with E-state index in [1.807, 2.05) is 54.2 Å². The van der Waals surface area contributed by atoms with Crippen LogP contribution in [0, 0.1) is 0 Å². The molecule has 0 aliphatic heterocycles. The highest BCUT2D eigenvalue weighted by atomic mass is 16.2. The van der Waals surface area contributed by atoms with Crippen LogP contribution in [0.1, 0.15) is 13.0 Å². The number of anilines is 1. The lowest BCUT2D eigenvalue weighted by Gasteiger charge is -2.14. The molecular weight excluding hydrogens is 280 g/mol. The van der Waals surface area contributed by atoms with Gasteiger partial charge in [0.05, 0.1) is 11.0 Å². The lowest BCUT2D eigenvalue weighted by Crippen LogP contribution is -2.22. The Bertz CT molecular complexity index is 887. The van der Waals surface area contributed by atoms with E-state index in [2.05, 4.69) is 5.32 Å². The van der Waals surface area contributed by atoms with E-state index in [1.54, 1.807) is 23.2 Å². The van der Waals surface area contributed by atoms with Gasteiger partial charge in [-0.1, -0.05) is 0 Å². The molecule has 1 N–H and O–H groups in total. The maximum Gasteiger partial charge on any atom is 0.328 e. The smallest absolute Gasteiger partial charge is 0.328 e. The fourth-order valence-corrected chi connectivity index (χ4v) is 2.57. The highest BCUT2D eigenvalue weighted by Gasteiger charge is 2.15. The number of imidazole rings is 1. The largest absolute Gasteiger partial charge is 0.342 e.